The molecule has 0 unspecified atom stereocenters. The molecule has 2 N–H and O–H groups in total. The zero-order valence-corrected chi connectivity index (χ0v) is 12.4. The van der Waals surface area contributed by atoms with Crippen LogP contribution in [-0.4, -0.2) is 15.2 Å². The van der Waals surface area contributed by atoms with Crippen LogP contribution in [-0.2, 0) is 0 Å². The van der Waals surface area contributed by atoms with Gasteiger partial charge in [0.1, 0.15) is 16.6 Å². The minimum atomic E-state index is -0.624. The number of hydrogen-bond acceptors (Lipinski definition) is 3. The van der Waals surface area contributed by atoms with Gasteiger partial charge < -0.3 is 4.98 Å². The maximum atomic E-state index is 14.1. The first kappa shape index (κ1) is 13.8. The van der Waals surface area contributed by atoms with Crippen molar-refractivity contribution in [3.05, 3.63) is 63.9 Å². The maximum absolute atomic E-state index is 14.1. The largest absolute Gasteiger partial charge is 0.361 e. The van der Waals surface area contributed by atoms with Crippen LogP contribution in [0.2, 0.25) is 0 Å². The lowest BCUT2D eigenvalue weighted by Gasteiger charge is -2.03. The summed E-state index contributed by atoms with van der Waals surface area (Å²) in [6.07, 6.45) is 1.68. The standard InChI is InChI=1S/C16H9F2N3OS/c17-9-2-3-10(13(18)6-9)12-7-19-14-4-1-8(5-11(12)14)15-20-21-16(22)23-15/h1-7,19H,(H,21,22). The van der Waals surface area contributed by atoms with Crippen molar-refractivity contribution in [2.45, 2.75) is 0 Å². The molecule has 2 aromatic heterocycles. The van der Waals surface area contributed by atoms with Crippen molar-refractivity contribution >= 4 is 22.2 Å². The summed E-state index contributed by atoms with van der Waals surface area (Å²) >= 11 is 1.00. The fraction of sp³-hybridized carbons (Fsp3) is 0. The monoisotopic (exact) mass is 329 g/mol. The number of hydrogen-bond donors (Lipinski definition) is 2. The lowest BCUT2D eigenvalue weighted by Crippen LogP contribution is -1.90. The number of H-pyrrole nitrogens is 2. The fourth-order valence-corrected chi connectivity index (χ4v) is 3.14. The Kier molecular flexibility index (Phi) is 3.09. The Morgan fingerprint density at radius 3 is 2.65 bits per heavy atom. The van der Waals surface area contributed by atoms with E-state index in [0.717, 1.165) is 33.9 Å². The van der Waals surface area contributed by atoms with E-state index in [9.17, 15) is 13.6 Å². The highest BCUT2D eigenvalue weighted by atomic mass is 32.1. The summed E-state index contributed by atoms with van der Waals surface area (Å²) < 4.78 is 27.2. The number of aromatic amines is 2. The molecule has 4 rings (SSSR count). The Morgan fingerprint density at radius 2 is 1.91 bits per heavy atom. The van der Waals surface area contributed by atoms with Gasteiger partial charge in [0, 0.05) is 39.9 Å². The molecule has 7 heteroatoms. The second-order valence-corrected chi connectivity index (χ2v) is 5.97. The first-order valence-corrected chi connectivity index (χ1v) is 7.56. The van der Waals surface area contributed by atoms with Gasteiger partial charge >= 0.3 is 4.87 Å². The van der Waals surface area contributed by atoms with Gasteiger partial charge in [-0.05, 0) is 30.3 Å². The third kappa shape index (κ3) is 2.35. The molecule has 2 aromatic carbocycles. The van der Waals surface area contributed by atoms with Gasteiger partial charge in [0.15, 0.2) is 0 Å². The molecule has 0 bridgehead atoms. The Hall–Kier alpha value is -2.80. The van der Waals surface area contributed by atoms with Crippen molar-refractivity contribution in [3.8, 4) is 21.7 Å². The summed E-state index contributed by atoms with van der Waals surface area (Å²) in [7, 11) is 0. The van der Waals surface area contributed by atoms with Crippen molar-refractivity contribution in [1.82, 2.24) is 15.2 Å². The average Bonchev–Trinajstić information content (AvgIpc) is 3.13. The summed E-state index contributed by atoms with van der Waals surface area (Å²) in [4.78, 5) is 14.1. The van der Waals surface area contributed by atoms with Gasteiger partial charge in [0.2, 0.25) is 0 Å². The molecule has 0 amide bonds. The van der Waals surface area contributed by atoms with Crippen LogP contribution in [0.25, 0.3) is 32.6 Å². The third-order valence-corrected chi connectivity index (χ3v) is 4.39. The molecule has 0 aliphatic carbocycles. The predicted molar refractivity (Wildman–Crippen MR) is 85.4 cm³/mol. The van der Waals surface area contributed by atoms with Crippen LogP contribution in [0.5, 0.6) is 0 Å². The molecular formula is C16H9F2N3OS. The molecule has 0 radical (unpaired) electrons. The van der Waals surface area contributed by atoms with Gasteiger partial charge in [-0.1, -0.05) is 11.3 Å². The molecule has 114 valence electrons. The lowest BCUT2D eigenvalue weighted by molar-refractivity contribution is 0.585. The Bertz CT molecular complexity index is 1080. The summed E-state index contributed by atoms with van der Waals surface area (Å²) in [5.74, 6) is -1.24. The average molecular weight is 329 g/mol. The van der Waals surface area contributed by atoms with Crippen molar-refractivity contribution in [3.63, 3.8) is 0 Å². The van der Waals surface area contributed by atoms with E-state index in [1.165, 1.54) is 12.1 Å². The van der Waals surface area contributed by atoms with Crippen LogP contribution in [0.4, 0.5) is 8.78 Å². The number of fused-ring (bicyclic) bond motifs is 1. The molecule has 0 aliphatic heterocycles. The van der Waals surface area contributed by atoms with E-state index >= 15 is 0 Å². The molecule has 0 atom stereocenters. The molecule has 4 aromatic rings. The number of halogens is 2. The van der Waals surface area contributed by atoms with Gasteiger partial charge in [-0.25, -0.2) is 13.9 Å². The summed E-state index contributed by atoms with van der Waals surface area (Å²) in [5.41, 5.74) is 2.51. The second kappa shape index (κ2) is 5.13. The number of rotatable bonds is 2. The fourth-order valence-electron chi connectivity index (χ4n) is 2.54. The van der Waals surface area contributed by atoms with Crippen molar-refractivity contribution in [1.29, 1.82) is 0 Å². The molecule has 0 fully saturated rings. The molecule has 0 aliphatic rings. The highest BCUT2D eigenvalue weighted by molar-refractivity contribution is 7.12. The number of aromatic nitrogens is 3. The third-order valence-electron chi connectivity index (χ3n) is 3.59. The van der Waals surface area contributed by atoms with E-state index < -0.39 is 11.6 Å². The van der Waals surface area contributed by atoms with Crippen LogP contribution < -0.4 is 4.87 Å². The molecular weight excluding hydrogens is 320 g/mol. The first-order valence-electron chi connectivity index (χ1n) is 6.74. The van der Waals surface area contributed by atoms with E-state index in [-0.39, 0.29) is 4.87 Å². The van der Waals surface area contributed by atoms with Crippen LogP contribution in [0, 0.1) is 11.6 Å². The van der Waals surface area contributed by atoms with Crippen molar-refractivity contribution < 1.29 is 8.78 Å². The van der Waals surface area contributed by atoms with Gasteiger partial charge in [0.25, 0.3) is 0 Å². The number of nitrogens with one attached hydrogen (secondary N) is 2. The SMILES string of the molecule is O=c1[nH]nc(-c2ccc3[nH]cc(-c4ccc(F)cc4F)c3c2)s1. The quantitative estimate of drug-likeness (QED) is 0.585. The van der Waals surface area contributed by atoms with Crippen LogP contribution in [0.3, 0.4) is 0 Å². The van der Waals surface area contributed by atoms with Gasteiger partial charge in [-0.2, -0.15) is 5.10 Å². The maximum Gasteiger partial charge on any atom is 0.322 e. The Balaban J connectivity index is 1.92. The van der Waals surface area contributed by atoms with E-state index in [1.807, 2.05) is 18.2 Å². The first-order chi connectivity index (χ1) is 11.1. The minimum Gasteiger partial charge on any atom is -0.361 e. The van der Waals surface area contributed by atoms with E-state index in [4.69, 9.17) is 0 Å². The van der Waals surface area contributed by atoms with Crippen LogP contribution in [0.15, 0.2) is 47.4 Å². The molecule has 0 spiro atoms. The normalized spacial score (nSPS) is 11.2. The zero-order chi connectivity index (χ0) is 16.0. The van der Waals surface area contributed by atoms with E-state index in [0.29, 0.717) is 16.1 Å². The Morgan fingerprint density at radius 1 is 1.04 bits per heavy atom. The lowest BCUT2D eigenvalue weighted by atomic mass is 10.0. The molecule has 4 nitrogen and oxygen atoms in total. The zero-order valence-electron chi connectivity index (χ0n) is 11.6. The topological polar surface area (TPSA) is 61.5 Å². The second-order valence-electron chi connectivity index (χ2n) is 5.01. The van der Waals surface area contributed by atoms with Gasteiger partial charge in [-0.3, -0.25) is 4.79 Å². The molecule has 0 saturated carbocycles. The smallest absolute Gasteiger partial charge is 0.322 e. The van der Waals surface area contributed by atoms with Gasteiger partial charge in [-0.15, -0.1) is 0 Å². The predicted octanol–water partition coefficient (Wildman–Crippen LogP) is 3.92. The van der Waals surface area contributed by atoms with Crippen molar-refractivity contribution in [2.24, 2.45) is 0 Å². The molecule has 2 heterocycles. The Labute approximate surface area is 132 Å². The number of benzene rings is 2. The highest BCUT2D eigenvalue weighted by Crippen LogP contribution is 2.33. The van der Waals surface area contributed by atoms with Crippen molar-refractivity contribution in [2.75, 3.05) is 0 Å². The summed E-state index contributed by atoms with van der Waals surface area (Å²) in [5, 5.41) is 7.66. The minimum absolute atomic E-state index is 0.237. The van der Waals surface area contributed by atoms with Crippen LogP contribution >= 0.6 is 11.3 Å². The summed E-state index contributed by atoms with van der Waals surface area (Å²) in [6.45, 7) is 0. The number of nitrogens with zero attached hydrogens (tertiary/aromatic N) is 1. The van der Waals surface area contributed by atoms with E-state index in [2.05, 4.69) is 15.2 Å². The molecule has 23 heavy (non-hydrogen) atoms. The highest BCUT2D eigenvalue weighted by Gasteiger charge is 2.13. The summed E-state index contributed by atoms with van der Waals surface area (Å²) in [6, 6.07) is 8.98. The van der Waals surface area contributed by atoms with E-state index in [1.54, 1.807) is 6.20 Å². The molecule has 0 saturated heterocycles. The van der Waals surface area contributed by atoms with Gasteiger partial charge in [0.05, 0.1) is 0 Å². The van der Waals surface area contributed by atoms with Crippen LogP contribution in [0.1, 0.15) is 0 Å².